The minimum atomic E-state index is -3.71. The van der Waals surface area contributed by atoms with E-state index in [1.54, 1.807) is 29.2 Å². The minimum absolute atomic E-state index is 0.0660. The van der Waals surface area contributed by atoms with Gasteiger partial charge in [0.05, 0.1) is 4.90 Å². The molecule has 1 atom stereocenters. The molecular formula is C22H32N4O4S. The first-order valence-electron chi connectivity index (χ1n) is 11.3. The molecule has 4 rings (SSSR count). The van der Waals surface area contributed by atoms with Crippen LogP contribution in [0.25, 0.3) is 0 Å². The summed E-state index contributed by atoms with van der Waals surface area (Å²) in [5.41, 5.74) is 0.991. The number of sulfonamides is 1. The zero-order valence-corrected chi connectivity index (χ0v) is 19.0. The summed E-state index contributed by atoms with van der Waals surface area (Å²) in [6.07, 6.45) is 4.50. The lowest BCUT2D eigenvalue weighted by atomic mass is 10.1. The molecule has 0 radical (unpaired) electrons. The molecule has 0 aliphatic carbocycles. The third-order valence-electron chi connectivity index (χ3n) is 6.60. The number of benzene rings is 1. The Morgan fingerprint density at radius 1 is 0.774 bits per heavy atom. The lowest BCUT2D eigenvalue weighted by molar-refractivity contribution is -0.136. The van der Waals surface area contributed by atoms with Gasteiger partial charge in [-0.05, 0) is 51.2 Å². The lowest BCUT2D eigenvalue weighted by Crippen LogP contribution is -2.57. The summed E-state index contributed by atoms with van der Waals surface area (Å²) in [5, 5.41) is 0. The number of carbonyl (C=O) groups is 2. The molecular weight excluding hydrogens is 416 g/mol. The standard InChI is InChI=1S/C22H32N4O4S/c1-18-7-9-19(10-8-18)31(29,30)26-13-5-6-20(26)21(27)23-14-16-25(17-15-23)22(28)24-11-3-2-4-12-24/h7-10,20H,2-6,11-17H2,1H3. The fourth-order valence-corrected chi connectivity index (χ4v) is 6.39. The first-order chi connectivity index (χ1) is 14.9. The zero-order chi connectivity index (χ0) is 22.0. The summed E-state index contributed by atoms with van der Waals surface area (Å²) in [5.74, 6) is -0.141. The molecule has 1 aromatic carbocycles. The Morgan fingerprint density at radius 3 is 2.00 bits per heavy atom. The average Bonchev–Trinajstić information content (AvgIpc) is 3.30. The second-order valence-electron chi connectivity index (χ2n) is 8.73. The molecule has 3 saturated heterocycles. The molecule has 1 unspecified atom stereocenters. The smallest absolute Gasteiger partial charge is 0.320 e. The van der Waals surface area contributed by atoms with Gasteiger partial charge in [0.25, 0.3) is 0 Å². The predicted molar refractivity (Wildman–Crippen MR) is 117 cm³/mol. The van der Waals surface area contributed by atoms with E-state index in [4.69, 9.17) is 0 Å². The Labute approximate surface area is 184 Å². The van der Waals surface area contributed by atoms with Crippen molar-refractivity contribution in [2.75, 3.05) is 45.8 Å². The maximum Gasteiger partial charge on any atom is 0.320 e. The Morgan fingerprint density at radius 2 is 1.35 bits per heavy atom. The molecule has 0 saturated carbocycles. The normalized spacial score (nSPS) is 23.3. The molecule has 3 heterocycles. The van der Waals surface area contributed by atoms with Gasteiger partial charge in [-0.15, -0.1) is 0 Å². The van der Waals surface area contributed by atoms with Crippen molar-refractivity contribution in [2.24, 2.45) is 0 Å². The molecule has 3 aliphatic rings. The van der Waals surface area contributed by atoms with E-state index in [0.717, 1.165) is 31.5 Å². The average molecular weight is 449 g/mol. The fraction of sp³-hybridized carbons (Fsp3) is 0.636. The second-order valence-corrected chi connectivity index (χ2v) is 10.6. The van der Waals surface area contributed by atoms with E-state index >= 15 is 0 Å². The maximum atomic E-state index is 13.2. The van der Waals surface area contributed by atoms with Crippen LogP contribution in [0.1, 0.15) is 37.7 Å². The molecule has 0 bridgehead atoms. The largest absolute Gasteiger partial charge is 0.338 e. The molecule has 3 amide bonds. The molecule has 8 nitrogen and oxygen atoms in total. The van der Waals surface area contributed by atoms with Gasteiger partial charge < -0.3 is 14.7 Å². The topological polar surface area (TPSA) is 81.2 Å². The highest BCUT2D eigenvalue weighted by Gasteiger charge is 2.42. The summed E-state index contributed by atoms with van der Waals surface area (Å²) < 4.78 is 27.7. The number of amides is 3. The zero-order valence-electron chi connectivity index (χ0n) is 18.2. The van der Waals surface area contributed by atoms with E-state index in [0.29, 0.717) is 45.6 Å². The first-order valence-corrected chi connectivity index (χ1v) is 12.7. The van der Waals surface area contributed by atoms with Crippen LogP contribution in [0.15, 0.2) is 29.2 Å². The van der Waals surface area contributed by atoms with E-state index in [-0.39, 0.29) is 16.8 Å². The van der Waals surface area contributed by atoms with Crippen molar-refractivity contribution in [1.82, 2.24) is 19.0 Å². The van der Waals surface area contributed by atoms with Gasteiger partial charge in [-0.3, -0.25) is 4.79 Å². The van der Waals surface area contributed by atoms with E-state index < -0.39 is 16.1 Å². The van der Waals surface area contributed by atoms with E-state index in [1.807, 2.05) is 16.7 Å². The summed E-state index contributed by atoms with van der Waals surface area (Å²) in [7, 11) is -3.71. The highest BCUT2D eigenvalue weighted by atomic mass is 32.2. The van der Waals surface area contributed by atoms with Crippen molar-refractivity contribution < 1.29 is 18.0 Å². The van der Waals surface area contributed by atoms with Gasteiger partial charge in [-0.1, -0.05) is 17.7 Å². The quantitative estimate of drug-likeness (QED) is 0.707. The Kier molecular flexibility index (Phi) is 6.52. The van der Waals surface area contributed by atoms with Crippen LogP contribution < -0.4 is 0 Å². The third-order valence-corrected chi connectivity index (χ3v) is 8.53. The number of urea groups is 1. The molecule has 170 valence electrons. The monoisotopic (exact) mass is 448 g/mol. The summed E-state index contributed by atoms with van der Waals surface area (Å²) >= 11 is 0. The minimum Gasteiger partial charge on any atom is -0.338 e. The van der Waals surface area contributed by atoms with Gasteiger partial charge in [0.1, 0.15) is 6.04 Å². The van der Waals surface area contributed by atoms with Gasteiger partial charge in [-0.25, -0.2) is 13.2 Å². The van der Waals surface area contributed by atoms with Gasteiger partial charge in [-0.2, -0.15) is 4.31 Å². The summed E-state index contributed by atoms with van der Waals surface area (Å²) in [6.45, 7) is 5.80. The third kappa shape index (κ3) is 4.57. The van der Waals surface area contributed by atoms with Gasteiger partial charge in [0, 0.05) is 45.8 Å². The van der Waals surface area contributed by atoms with Crippen molar-refractivity contribution in [3.63, 3.8) is 0 Å². The van der Waals surface area contributed by atoms with Gasteiger partial charge >= 0.3 is 6.03 Å². The highest BCUT2D eigenvalue weighted by molar-refractivity contribution is 7.89. The number of piperidine rings is 1. The molecule has 0 spiro atoms. The lowest BCUT2D eigenvalue weighted by Gasteiger charge is -2.39. The molecule has 1 aromatic rings. The van der Waals surface area contributed by atoms with Crippen molar-refractivity contribution in [3.05, 3.63) is 29.8 Å². The van der Waals surface area contributed by atoms with Crippen molar-refractivity contribution in [1.29, 1.82) is 0 Å². The van der Waals surface area contributed by atoms with Crippen LogP contribution in [-0.4, -0.2) is 91.2 Å². The molecule has 0 N–H and O–H groups in total. The second kappa shape index (κ2) is 9.16. The van der Waals surface area contributed by atoms with E-state index in [2.05, 4.69) is 0 Å². The Hall–Kier alpha value is -2.13. The van der Waals surface area contributed by atoms with E-state index in [1.165, 1.54) is 10.7 Å². The number of piperazine rings is 1. The SMILES string of the molecule is Cc1ccc(S(=O)(=O)N2CCCC2C(=O)N2CCN(C(=O)N3CCCCC3)CC2)cc1. The number of aryl methyl sites for hydroxylation is 1. The van der Waals surface area contributed by atoms with Crippen molar-refractivity contribution in [2.45, 2.75) is 50.0 Å². The van der Waals surface area contributed by atoms with Crippen LogP contribution in [-0.2, 0) is 14.8 Å². The number of carbonyl (C=O) groups excluding carboxylic acids is 2. The van der Waals surface area contributed by atoms with Gasteiger partial charge in [0.2, 0.25) is 15.9 Å². The van der Waals surface area contributed by atoms with Crippen LogP contribution >= 0.6 is 0 Å². The summed E-state index contributed by atoms with van der Waals surface area (Å²) in [6, 6.07) is 6.17. The molecule has 31 heavy (non-hydrogen) atoms. The van der Waals surface area contributed by atoms with E-state index in [9.17, 15) is 18.0 Å². The fourth-order valence-electron chi connectivity index (χ4n) is 4.73. The maximum absolute atomic E-state index is 13.2. The molecule has 0 aromatic heterocycles. The number of rotatable bonds is 3. The van der Waals surface area contributed by atoms with Crippen molar-refractivity contribution in [3.8, 4) is 0 Å². The number of hydrogen-bond acceptors (Lipinski definition) is 4. The van der Waals surface area contributed by atoms with Crippen LogP contribution in [0.4, 0.5) is 4.79 Å². The first kappa shape index (κ1) is 22.1. The molecule has 3 aliphatic heterocycles. The Bertz CT molecular complexity index is 904. The van der Waals surface area contributed by atoms with Crippen molar-refractivity contribution >= 4 is 22.0 Å². The van der Waals surface area contributed by atoms with Crippen LogP contribution in [0.3, 0.4) is 0 Å². The van der Waals surface area contributed by atoms with Crippen LogP contribution in [0, 0.1) is 6.92 Å². The number of nitrogens with zero attached hydrogens (tertiary/aromatic N) is 4. The van der Waals surface area contributed by atoms with Crippen LogP contribution in [0.5, 0.6) is 0 Å². The number of hydrogen-bond donors (Lipinski definition) is 0. The highest BCUT2D eigenvalue weighted by Crippen LogP contribution is 2.28. The number of likely N-dealkylation sites (tertiary alicyclic amines) is 1. The Balaban J connectivity index is 1.39. The van der Waals surface area contributed by atoms with Crippen LogP contribution in [0.2, 0.25) is 0 Å². The molecule has 9 heteroatoms. The molecule has 3 fully saturated rings. The summed E-state index contributed by atoms with van der Waals surface area (Å²) in [4.78, 5) is 31.6. The predicted octanol–water partition coefficient (Wildman–Crippen LogP) is 1.90. The van der Waals surface area contributed by atoms with Gasteiger partial charge in [0.15, 0.2) is 0 Å².